The molecule has 0 aliphatic heterocycles. The fourth-order valence-corrected chi connectivity index (χ4v) is 5.97. The molecule has 3 heterocycles. The van der Waals surface area contributed by atoms with E-state index in [1.165, 1.54) is 0 Å². The van der Waals surface area contributed by atoms with Gasteiger partial charge in [0.25, 0.3) is 0 Å². The van der Waals surface area contributed by atoms with Gasteiger partial charge in [-0.15, -0.1) is 11.3 Å². The molecule has 0 fully saturated rings. The maximum Gasteiger partial charge on any atom is 0.304 e. The van der Waals surface area contributed by atoms with E-state index in [1.807, 2.05) is 54.1 Å². The Balaban J connectivity index is 1.56. The molecule has 0 spiro atoms. The Morgan fingerprint density at radius 2 is 1.74 bits per heavy atom. The van der Waals surface area contributed by atoms with E-state index in [2.05, 4.69) is 25.1 Å². The SMILES string of the molecule is CCc1cc2c(c(C)n1)c(-c1ccccc1)nn2Cc1ccc(-c2ccsc2S(=O)(=O)O)cc1. The summed E-state index contributed by atoms with van der Waals surface area (Å²) >= 11 is 1.01. The molecule has 0 saturated heterocycles. The molecule has 5 rings (SSSR count). The molecule has 0 radical (unpaired) electrons. The number of hydrogen-bond donors (Lipinski definition) is 1. The molecule has 0 amide bonds. The number of pyridine rings is 1. The van der Waals surface area contributed by atoms with E-state index in [-0.39, 0.29) is 4.21 Å². The van der Waals surface area contributed by atoms with Crippen LogP contribution >= 0.6 is 11.3 Å². The van der Waals surface area contributed by atoms with E-state index in [4.69, 9.17) is 10.1 Å². The van der Waals surface area contributed by atoms with E-state index in [1.54, 1.807) is 11.4 Å². The van der Waals surface area contributed by atoms with E-state index in [0.29, 0.717) is 12.1 Å². The lowest BCUT2D eigenvalue weighted by Gasteiger charge is -2.08. The van der Waals surface area contributed by atoms with Crippen LogP contribution in [0.3, 0.4) is 0 Å². The Bertz CT molecular complexity index is 1590. The summed E-state index contributed by atoms with van der Waals surface area (Å²) < 4.78 is 34.8. The van der Waals surface area contributed by atoms with E-state index < -0.39 is 10.1 Å². The van der Waals surface area contributed by atoms with Gasteiger partial charge in [0.15, 0.2) is 4.21 Å². The Hall–Kier alpha value is -3.33. The van der Waals surface area contributed by atoms with Gasteiger partial charge in [-0.1, -0.05) is 61.5 Å². The van der Waals surface area contributed by atoms with Crippen molar-refractivity contribution in [3.63, 3.8) is 0 Å². The normalized spacial score (nSPS) is 11.9. The number of hydrogen-bond acceptors (Lipinski definition) is 5. The molecule has 6 nitrogen and oxygen atoms in total. The minimum atomic E-state index is -4.26. The highest BCUT2D eigenvalue weighted by molar-refractivity contribution is 7.88. The number of nitrogens with zero attached hydrogens (tertiary/aromatic N) is 3. The van der Waals surface area contributed by atoms with Crippen molar-refractivity contribution in [2.24, 2.45) is 0 Å². The lowest BCUT2D eigenvalue weighted by molar-refractivity contribution is 0.486. The van der Waals surface area contributed by atoms with Crippen LogP contribution in [0.2, 0.25) is 0 Å². The van der Waals surface area contributed by atoms with Crippen molar-refractivity contribution in [1.29, 1.82) is 0 Å². The van der Waals surface area contributed by atoms with Gasteiger partial charge in [0.1, 0.15) is 5.69 Å². The van der Waals surface area contributed by atoms with Gasteiger partial charge >= 0.3 is 10.1 Å². The summed E-state index contributed by atoms with van der Waals surface area (Å²) in [7, 11) is -4.26. The van der Waals surface area contributed by atoms with Gasteiger partial charge in [-0.05, 0) is 42.0 Å². The van der Waals surface area contributed by atoms with E-state index in [0.717, 1.165) is 62.4 Å². The van der Waals surface area contributed by atoms with E-state index >= 15 is 0 Å². The second-order valence-electron chi connectivity index (χ2n) is 8.11. The molecule has 3 aromatic heterocycles. The van der Waals surface area contributed by atoms with Crippen molar-refractivity contribution in [3.8, 4) is 22.4 Å². The van der Waals surface area contributed by atoms with Crippen molar-refractivity contribution < 1.29 is 13.0 Å². The van der Waals surface area contributed by atoms with E-state index in [9.17, 15) is 13.0 Å². The second kappa shape index (κ2) is 8.79. The number of aryl methyl sites for hydroxylation is 2. The number of aromatic nitrogens is 3. The van der Waals surface area contributed by atoms with Crippen molar-refractivity contribution in [2.75, 3.05) is 0 Å². The predicted octanol–water partition coefficient (Wildman–Crippen LogP) is 5.99. The van der Waals surface area contributed by atoms with Gasteiger partial charge < -0.3 is 0 Å². The first-order valence-electron chi connectivity index (χ1n) is 10.9. The fraction of sp³-hybridized carbons (Fsp3) is 0.154. The molecule has 0 aliphatic carbocycles. The van der Waals surface area contributed by atoms with Crippen LogP contribution in [-0.2, 0) is 23.1 Å². The maximum absolute atomic E-state index is 11.7. The number of benzene rings is 2. The van der Waals surface area contributed by atoms with Gasteiger partial charge in [-0.25, -0.2) is 0 Å². The molecule has 2 aromatic carbocycles. The first-order valence-corrected chi connectivity index (χ1v) is 13.2. The summed E-state index contributed by atoms with van der Waals surface area (Å²) in [5.74, 6) is 0. The van der Waals surface area contributed by atoms with Gasteiger partial charge in [0, 0.05) is 27.9 Å². The molecular formula is C26H23N3O3S2. The largest absolute Gasteiger partial charge is 0.304 e. The number of thiophene rings is 1. The molecule has 0 aliphatic rings. The quantitative estimate of drug-likeness (QED) is 0.296. The molecule has 0 atom stereocenters. The summed E-state index contributed by atoms with van der Waals surface area (Å²) in [6.45, 7) is 4.68. The summed E-state index contributed by atoms with van der Waals surface area (Å²) in [6.07, 6.45) is 0.841. The lowest BCUT2D eigenvalue weighted by Crippen LogP contribution is -2.03. The van der Waals surface area contributed by atoms with Crippen LogP contribution in [0, 0.1) is 6.92 Å². The zero-order valence-electron chi connectivity index (χ0n) is 18.8. The molecule has 0 unspecified atom stereocenters. The number of fused-ring (bicyclic) bond motifs is 1. The van der Waals surface area contributed by atoms with Gasteiger partial charge in [-0.3, -0.25) is 14.2 Å². The molecule has 172 valence electrons. The van der Waals surface area contributed by atoms with Crippen LogP contribution < -0.4 is 0 Å². The average molecular weight is 490 g/mol. The number of rotatable bonds is 6. The Morgan fingerprint density at radius 3 is 2.41 bits per heavy atom. The maximum atomic E-state index is 11.7. The highest BCUT2D eigenvalue weighted by Crippen LogP contribution is 2.33. The van der Waals surface area contributed by atoms with Crippen molar-refractivity contribution in [2.45, 2.75) is 31.0 Å². The summed E-state index contributed by atoms with van der Waals surface area (Å²) in [4.78, 5) is 4.77. The van der Waals surface area contributed by atoms with Crippen LogP contribution in [0.4, 0.5) is 0 Å². The predicted molar refractivity (Wildman–Crippen MR) is 136 cm³/mol. The molecule has 34 heavy (non-hydrogen) atoms. The topological polar surface area (TPSA) is 85.1 Å². The molecular weight excluding hydrogens is 466 g/mol. The third-order valence-corrected chi connectivity index (χ3v) is 8.15. The monoisotopic (exact) mass is 489 g/mol. The third kappa shape index (κ3) is 4.16. The van der Waals surface area contributed by atoms with Crippen molar-refractivity contribution in [1.82, 2.24) is 14.8 Å². The smallest absolute Gasteiger partial charge is 0.281 e. The Kier molecular flexibility index (Phi) is 5.81. The average Bonchev–Trinajstić information content (AvgIpc) is 3.46. The summed E-state index contributed by atoms with van der Waals surface area (Å²) in [5.41, 5.74) is 7.26. The molecule has 0 saturated carbocycles. The van der Waals surface area contributed by atoms with Crippen LogP contribution in [0.15, 0.2) is 76.3 Å². The summed E-state index contributed by atoms with van der Waals surface area (Å²) in [6, 6.07) is 21.6. The molecule has 5 aromatic rings. The fourth-order valence-electron chi connectivity index (χ4n) is 4.21. The van der Waals surface area contributed by atoms with Crippen LogP contribution in [-0.4, -0.2) is 27.7 Å². The standard InChI is InChI=1S/C26H23N3O3S2/c1-3-21-15-23-24(17(2)27-21)25(20-7-5-4-6-8-20)28-29(23)16-18-9-11-19(12-10-18)22-13-14-33-26(22)34(30,31)32/h4-15H,3,16H2,1-2H3,(H,30,31,32). The van der Waals surface area contributed by atoms with Gasteiger partial charge in [0.2, 0.25) is 0 Å². The highest BCUT2D eigenvalue weighted by Gasteiger charge is 2.19. The highest BCUT2D eigenvalue weighted by atomic mass is 32.3. The Morgan fingerprint density at radius 1 is 1.00 bits per heavy atom. The Labute approximate surface area is 202 Å². The van der Waals surface area contributed by atoms with Crippen LogP contribution in [0.1, 0.15) is 23.9 Å². The van der Waals surface area contributed by atoms with Gasteiger partial charge in [-0.2, -0.15) is 13.5 Å². The van der Waals surface area contributed by atoms with Crippen LogP contribution in [0.5, 0.6) is 0 Å². The van der Waals surface area contributed by atoms with Crippen molar-refractivity contribution >= 4 is 32.4 Å². The second-order valence-corrected chi connectivity index (χ2v) is 10.6. The zero-order valence-corrected chi connectivity index (χ0v) is 20.4. The minimum absolute atomic E-state index is 0.0408. The third-order valence-electron chi connectivity index (χ3n) is 5.84. The van der Waals surface area contributed by atoms with Crippen LogP contribution in [0.25, 0.3) is 33.3 Å². The van der Waals surface area contributed by atoms with Gasteiger partial charge in [0.05, 0.1) is 12.1 Å². The minimum Gasteiger partial charge on any atom is -0.281 e. The molecule has 0 bridgehead atoms. The molecule has 1 N–H and O–H groups in total. The first-order chi connectivity index (χ1) is 16.3. The van der Waals surface area contributed by atoms with Crippen molar-refractivity contribution in [3.05, 3.63) is 89.1 Å². The summed E-state index contributed by atoms with van der Waals surface area (Å²) in [5, 5.41) is 7.69. The zero-order chi connectivity index (χ0) is 23.9. The first kappa shape index (κ1) is 22.5. The molecule has 8 heteroatoms. The lowest BCUT2D eigenvalue weighted by atomic mass is 10.1.